The van der Waals surface area contributed by atoms with Crippen LogP contribution >= 0.6 is 0 Å². The van der Waals surface area contributed by atoms with Gasteiger partial charge >= 0.3 is 7.62 Å². The molecule has 0 aromatic heterocycles. The molecule has 0 saturated carbocycles. The Balaban J connectivity index is 1.87. The highest BCUT2D eigenvalue weighted by molar-refractivity contribution is 6.21. The van der Waals surface area contributed by atoms with Gasteiger partial charge in [0.05, 0.1) is 0 Å². The average Bonchev–Trinajstić information content (AvgIpc) is 2.46. The second-order valence-corrected chi connectivity index (χ2v) is 4.60. The number of hydrogen-bond acceptors (Lipinski definition) is 3. The van der Waals surface area contributed by atoms with Crippen LogP contribution in [-0.2, 0) is 13.0 Å². The molecule has 0 aliphatic carbocycles. The van der Waals surface area contributed by atoms with Gasteiger partial charge in [-0.25, -0.2) is 0 Å². The summed E-state index contributed by atoms with van der Waals surface area (Å²) in [6.07, 6.45) is 0.855. The van der Waals surface area contributed by atoms with Gasteiger partial charge in [-0.1, -0.05) is 42.5 Å². The van der Waals surface area contributed by atoms with Crippen molar-refractivity contribution in [1.29, 1.82) is 0 Å². The van der Waals surface area contributed by atoms with Crippen LogP contribution in [0.3, 0.4) is 0 Å². The van der Waals surface area contributed by atoms with Crippen LogP contribution in [0.25, 0.3) is 0 Å². The van der Waals surface area contributed by atoms with E-state index in [9.17, 15) is 10.1 Å². The molecule has 0 amide bonds. The van der Waals surface area contributed by atoms with Gasteiger partial charge in [0.2, 0.25) is 0 Å². The van der Waals surface area contributed by atoms with E-state index in [-0.39, 0.29) is 13.4 Å². The van der Waals surface area contributed by atoms with Crippen molar-refractivity contribution in [1.82, 2.24) is 4.81 Å². The van der Waals surface area contributed by atoms with Crippen LogP contribution in [0.15, 0.2) is 54.6 Å². The normalized spacial score (nSPS) is 10.6. The molecule has 0 radical (unpaired) electrons. The molecule has 0 unspecified atom stereocenters. The van der Waals surface area contributed by atoms with E-state index in [0.717, 1.165) is 25.1 Å². The Morgan fingerprint density at radius 1 is 0.895 bits per heavy atom. The standard InChI is InChI=1S/C15H18BNO2/c18-15-8-6-13(7-9-15)10-11-17(16-19)12-14-4-2-1-3-5-14/h1-9,16,18-19H,10-12H2. The number of benzene rings is 2. The van der Waals surface area contributed by atoms with Gasteiger partial charge in [-0.15, -0.1) is 0 Å². The minimum atomic E-state index is 0.0486. The van der Waals surface area contributed by atoms with E-state index < -0.39 is 0 Å². The summed E-state index contributed by atoms with van der Waals surface area (Å²) in [4.78, 5) is 1.99. The van der Waals surface area contributed by atoms with Gasteiger partial charge in [0.25, 0.3) is 0 Å². The van der Waals surface area contributed by atoms with Crippen molar-refractivity contribution in [2.45, 2.75) is 13.0 Å². The van der Waals surface area contributed by atoms with Gasteiger partial charge < -0.3 is 14.9 Å². The van der Waals surface area contributed by atoms with Crippen LogP contribution in [0.5, 0.6) is 5.75 Å². The minimum Gasteiger partial charge on any atom is -0.508 e. The quantitative estimate of drug-likeness (QED) is 0.772. The Bertz CT molecular complexity index is 487. The molecule has 2 rings (SSSR count). The Kier molecular flexibility index (Phi) is 5.01. The lowest BCUT2D eigenvalue weighted by molar-refractivity contribution is 0.382. The molecule has 3 nitrogen and oxygen atoms in total. The third kappa shape index (κ3) is 4.43. The summed E-state index contributed by atoms with van der Waals surface area (Å²) in [5.41, 5.74) is 2.35. The number of aromatic hydroxyl groups is 1. The second kappa shape index (κ2) is 6.97. The van der Waals surface area contributed by atoms with Gasteiger partial charge in [0.15, 0.2) is 0 Å². The molecular formula is C15H18BNO2. The van der Waals surface area contributed by atoms with Crippen molar-refractivity contribution in [2.75, 3.05) is 6.54 Å². The summed E-state index contributed by atoms with van der Waals surface area (Å²) in [6.45, 7) is 1.53. The van der Waals surface area contributed by atoms with E-state index in [4.69, 9.17) is 0 Å². The molecule has 0 aliphatic heterocycles. The number of phenols is 1. The average molecular weight is 255 g/mol. The molecule has 0 atom stereocenters. The first-order chi connectivity index (χ1) is 9.28. The lowest BCUT2D eigenvalue weighted by Gasteiger charge is -2.18. The fourth-order valence-corrected chi connectivity index (χ4v) is 1.99. The van der Waals surface area contributed by atoms with Crippen LogP contribution in [0.4, 0.5) is 0 Å². The number of phenolic OH excluding ortho intramolecular Hbond substituents is 1. The predicted molar refractivity (Wildman–Crippen MR) is 78.0 cm³/mol. The highest BCUT2D eigenvalue weighted by atomic mass is 16.3. The molecule has 98 valence electrons. The third-order valence-electron chi connectivity index (χ3n) is 3.10. The fraction of sp³-hybridized carbons (Fsp3) is 0.200. The Labute approximate surface area is 114 Å². The van der Waals surface area contributed by atoms with Crippen LogP contribution in [0.1, 0.15) is 11.1 Å². The van der Waals surface area contributed by atoms with Crippen LogP contribution < -0.4 is 0 Å². The summed E-state index contributed by atoms with van der Waals surface area (Å²) >= 11 is 0. The summed E-state index contributed by atoms with van der Waals surface area (Å²) in [7, 11) is 0.0486. The Morgan fingerprint density at radius 2 is 1.58 bits per heavy atom. The molecular weight excluding hydrogens is 237 g/mol. The number of hydrogen-bond donors (Lipinski definition) is 2. The molecule has 0 aliphatic rings. The highest BCUT2D eigenvalue weighted by Crippen LogP contribution is 2.11. The van der Waals surface area contributed by atoms with Gasteiger partial charge in [0, 0.05) is 6.54 Å². The second-order valence-electron chi connectivity index (χ2n) is 4.60. The zero-order chi connectivity index (χ0) is 13.5. The molecule has 2 aromatic carbocycles. The summed E-state index contributed by atoms with van der Waals surface area (Å²) in [5, 5.41) is 18.6. The maximum atomic E-state index is 9.40. The predicted octanol–water partition coefficient (Wildman–Crippen LogP) is 1.70. The topological polar surface area (TPSA) is 43.7 Å². The van der Waals surface area contributed by atoms with E-state index >= 15 is 0 Å². The SMILES string of the molecule is OBN(CCc1ccc(O)cc1)Cc1ccccc1. The lowest BCUT2D eigenvalue weighted by Crippen LogP contribution is -2.29. The van der Waals surface area contributed by atoms with Gasteiger partial charge in [-0.3, -0.25) is 0 Å². The van der Waals surface area contributed by atoms with Crippen LogP contribution in [0.2, 0.25) is 0 Å². The van der Waals surface area contributed by atoms with E-state index in [1.807, 2.05) is 35.1 Å². The van der Waals surface area contributed by atoms with E-state index in [2.05, 4.69) is 12.1 Å². The summed E-state index contributed by atoms with van der Waals surface area (Å²) in [5.74, 6) is 0.284. The molecule has 0 spiro atoms. The Hall–Kier alpha value is -1.78. The van der Waals surface area contributed by atoms with Crippen molar-refractivity contribution in [3.05, 3.63) is 65.7 Å². The first-order valence-electron chi connectivity index (χ1n) is 6.43. The first kappa shape index (κ1) is 13.7. The van der Waals surface area contributed by atoms with E-state index in [1.165, 1.54) is 5.56 Å². The zero-order valence-corrected chi connectivity index (χ0v) is 10.9. The third-order valence-corrected chi connectivity index (χ3v) is 3.10. The van der Waals surface area contributed by atoms with Crippen molar-refractivity contribution < 1.29 is 10.1 Å². The van der Waals surface area contributed by atoms with E-state index in [1.54, 1.807) is 12.1 Å². The van der Waals surface area contributed by atoms with Crippen molar-refractivity contribution in [3.63, 3.8) is 0 Å². The van der Waals surface area contributed by atoms with Crippen LogP contribution in [0, 0.1) is 0 Å². The van der Waals surface area contributed by atoms with Gasteiger partial charge in [-0.05, 0) is 36.2 Å². The lowest BCUT2D eigenvalue weighted by atomic mass is 10.1. The van der Waals surface area contributed by atoms with Gasteiger partial charge in [0.1, 0.15) is 5.75 Å². The maximum absolute atomic E-state index is 9.40. The minimum absolute atomic E-state index is 0.0486. The zero-order valence-electron chi connectivity index (χ0n) is 10.9. The maximum Gasteiger partial charge on any atom is 0.361 e. The molecule has 2 aromatic rings. The summed E-state index contributed by atoms with van der Waals surface area (Å²) < 4.78 is 0. The monoisotopic (exact) mass is 255 g/mol. The van der Waals surface area contributed by atoms with Crippen molar-refractivity contribution in [2.24, 2.45) is 0 Å². The molecule has 19 heavy (non-hydrogen) atoms. The smallest absolute Gasteiger partial charge is 0.361 e. The number of rotatable bonds is 6. The molecule has 0 bridgehead atoms. The highest BCUT2D eigenvalue weighted by Gasteiger charge is 2.06. The van der Waals surface area contributed by atoms with E-state index in [0.29, 0.717) is 0 Å². The van der Waals surface area contributed by atoms with Gasteiger partial charge in [-0.2, -0.15) is 0 Å². The first-order valence-corrected chi connectivity index (χ1v) is 6.43. The van der Waals surface area contributed by atoms with Crippen molar-refractivity contribution in [3.8, 4) is 5.75 Å². The Morgan fingerprint density at radius 3 is 2.21 bits per heavy atom. The molecule has 0 fully saturated rings. The fourth-order valence-electron chi connectivity index (χ4n) is 1.99. The van der Waals surface area contributed by atoms with Crippen LogP contribution in [-0.4, -0.2) is 29.1 Å². The molecule has 0 saturated heterocycles. The molecule has 4 heteroatoms. The molecule has 2 N–H and O–H groups in total. The molecule has 0 heterocycles. The number of nitrogens with zero attached hydrogens (tertiary/aromatic N) is 1. The van der Waals surface area contributed by atoms with Crippen molar-refractivity contribution >= 4 is 7.62 Å². The largest absolute Gasteiger partial charge is 0.508 e. The summed E-state index contributed by atoms with van der Waals surface area (Å²) in [6, 6.07) is 17.3.